The van der Waals surface area contributed by atoms with Gasteiger partial charge in [0.1, 0.15) is 0 Å². The van der Waals surface area contributed by atoms with Crippen LogP contribution < -0.4 is 15.0 Å². The summed E-state index contributed by atoms with van der Waals surface area (Å²) in [6.45, 7) is 3.73. The fourth-order valence-electron chi connectivity index (χ4n) is 2.58. The Balaban J connectivity index is 1.68. The zero-order chi connectivity index (χ0) is 15.4. The highest BCUT2D eigenvalue weighted by atomic mass is 16.5. The molecule has 2 aromatic heterocycles. The molecule has 1 aliphatic rings. The molecule has 116 valence electrons. The number of rotatable bonds is 4. The molecule has 1 N–H and O–H groups in total. The molecule has 22 heavy (non-hydrogen) atoms. The first-order valence-corrected chi connectivity index (χ1v) is 7.43. The van der Waals surface area contributed by atoms with E-state index in [-0.39, 0.29) is 6.04 Å². The molecule has 1 unspecified atom stereocenters. The zero-order valence-electron chi connectivity index (χ0n) is 12.9. The van der Waals surface area contributed by atoms with Gasteiger partial charge in [0.15, 0.2) is 0 Å². The van der Waals surface area contributed by atoms with Crippen LogP contribution in [0.5, 0.6) is 5.88 Å². The summed E-state index contributed by atoms with van der Waals surface area (Å²) >= 11 is 0. The highest BCUT2D eigenvalue weighted by Gasteiger charge is 2.22. The Morgan fingerprint density at radius 3 is 2.91 bits per heavy atom. The quantitative estimate of drug-likeness (QED) is 0.920. The van der Waals surface area contributed by atoms with E-state index in [0.717, 1.165) is 31.6 Å². The molecule has 7 nitrogen and oxygen atoms in total. The molecule has 2 aromatic rings. The molecule has 0 aliphatic carbocycles. The van der Waals surface area contributed by atoms with Gasteiger partial charge < -0.3 is 15.0 Å². The molecule has 0 aromatic carbocycles. The van der Waals surface area contributed by atoms with Crippen LogP contribution in [0.15, 0.2) is 24.5 Å². The molecule has 0 saturated carbocycles. The molecule has 1 atom stereocenters. The number of hydrogen-bond acceptors (Lipinski definition) is 7. The minimum absolute atomic E-state index is 0.283. The third-order valence-electron chi connectivity index (χ3n) is 3.66. The maximum absolute atomic E-state index is 5.17. The second-order valence-electron chi connectivity index (χ2n) is 5.35. The van der Waals surface area contributed by atoms with Gasteiger partial charge in [0.05, 0.1) is 7.11 Å². The molecule has 1 aliphatic heterocycles. The van der Waals surface area contributed by atoms with Gasteiger partial charge in [-0.2, -0.15) is 4.98 Å². The summed E-state index contributed by atoms with van der Waals surface area (Å²) in [6.07, 6.45) is 5.65. The number of hydrogen-bond donors (Lipinski definition) is 1. The highest BCUT2D eigenvalue weighted by Crippen LogP contribution is 2.19. The summed E-state index contributed by atoms with van der Waals surface area (Å²) in [5.41, 5.74) is 0.960. The van der Waals surface area contributed by atoms with Crippen molar-refractivity contribution in [3.8, 4) is 5.88 Å². The number of ether oxygens (including phenoxy) is 1. The lowest BCUT2D eigenvalue weighted by Crippen LogP contribution is -2.43. The van der Waals surface area contributed by atoms with E-state index < -0.39 is 0 Å². The Morgan fingerprint density at radius 2 is 2.09 bits per heavy atom. The monoisotopic (exact) mass is 300 g/mol. The van der Waals surface area contributed by atoms with Crippen LogP contribution in [0, 0.1) is 6.92 Å². The fourth-order valence-corrected chi connectivity index (χ4v) is 2.58. The number of methoxy groups -OCH3 is 1. The molecule has 3 heterocycles. The van der Waals surface area contributed by atoms with E-state index in [4.69, 9.17) is 4.74 Å². The lowest BCUT2D eigenvalue weighted by Gasteiger charge is -2.33. The van der Waals surface area contributed by atoms with Crippen LogP contribution >= 0.6 is 0 Å². The maximum Gasteiger partial charge on any atom is 0.228 e. The first-order chi connectivity index (χ1) is 10.7. The van der Waals surface area contributed by atoms with Crippen molar-refractivity contribution >= 4 is 11.9 Å². The number of aryl methyl sites for hydroxylation is 1. The van der Waals surface area contributed by atoms with E-state index in [1.54, 1.807) is 25.6 Å². The maximum atomic E-state index is 5.17. The Bertz CT molecular complexity index is 635. The van der Waals surface area contributed by atoms with Crippen LogP contribution in [0.2, 0.25) is 0 Å². The first kappa shape index (κ1) is 14.5. The second kappa shape index (κ2) is 6.55. The number of piperidine rings is 1. The Kier molecular flexibility index (Phi) is 4.32. The molecule has 7 heteroatoms. The highest BCUT2D eigenvalue weighted by molar-refractivity contribution is 5.35. The van der Waals surface area contributed by atoms with E-state index in [1.807, 2.05) is 13.0 Å². The molecule has 3 rings (SSSR count). The van der Waals surface area contributed by atoms with Crippen molar-refractivity contribution in [1.29, 1.82) is 0 Å². The van der Waals surface area contributed by atoms with Gasteiger partial charge in [0.25, 0.3) is 0 Å². The van der Waals surface area contributed by atoms with Crippen molar-refractivity contribution in [1.82, 2.24) is 19.9 Å². The van der Waals surface area contributed by atoms with Crippen molar-refractivity contribution in [2.24, 2.45) is 0 Å². The van der Waals surface area contributed by atoms with Gasteiger partial charge >= 0.3 is 0 Å². The largest absolute Gasteiger partial charge is 0.481 e. The summed E-state index contributed by atoms with van der Waals surface area (Å²) in [5.74, 6) is 1.97. The molecular weight excluding hydrogens is 280 g/mol. The average molecular weight is 300 g/mol. The van der Waals surface area contributed by atoms with Crippen LogP contribution in [-0.4, -0.2) is 46.2 Å². The standard InChI is InChI=1S/C15H20N6O/c1-11-5-7-16-14(18-11)19-12-4-3-9-21(10-12)15-17-8-6-13(20-15)22-2/h5-8,12H,3-4,9-10H2,1-2H3,(H,16,18,19). The second-order valence-corrected chi connectivity index (χ2v) is 5.35. The zero-order valence-corrected chi connectivity index (χ0v) is 12.9. The Hall–Kier alpha value is -2.44. The van der Waals surface area contributed by atoms with E-state index in [1.165, 1.54) is 0 Å². The average Bonchev–Trinajstić information content (AvgIpc) is 2.55. The van der Waals surface area contributed by atoms with Crippen LogP contribution in [0.4, 0.5) is 11.9 Å². The van der Waals surface area contributed by atoms with Gasteiger partial charge in [-0.3, -0.25) is 0 Å². The topological polar surface area (TPSA) is 76.1 Å². The molecule has 0 amide bonds. The van der Waals surface area contributed by atoms with Gasteiger partial charge in [-0.1, -0.05) is 0 Å². The van der Waals surface area contributed by atoms with Gasteiger partial charge in [0.2, 0.25) is 17.8 Å². The summed E-state index contributed by atoms with van der Waals surface area (Å²) < 4.78 is 5.17. The third-order valence-corrected chi connectivity index (χ3v) is 3.66. The number of anilines is 2. The van der Waals surface area contributed by atoms with E-state index >= 15 is 0 Å². The number of nitrogens with one attached hydrogen (secondary N) is 1. The predicted molar refractivity (Wildman–Crippen MR) is 84.2 cm³/mol. The molecule has 0 radical (unpaired) electrons. The van der Waals surface area contributed by atoms with Crippen molar-refractivity contribution in [2.75, 3.05) is 30.4 Å². The molecular formula is C15H20N6O. The van der Waals surface area contributed by atoms with Crippen LogP contribution in [0.3, 0.4) is 0 Å². The van der Waals surface area contributed by atoms with Crippen LogP contribution in [0.1, 0.15) is 18.5 Å². The van der Waals surface area contributed by atoms with E-state index in [2.05, 4.69) is 30.2 Å². The van der Waals surface area contributed by atoms with Crippen molar-refractivity contribution in [2.45, 2.75) is 25.8 Å². The SMILES string of the molecule is COc1ccnc(N2CCCC(Nc3nccc(C)n3)C2)n1. The van der Waals surface area contributed by atoms with Crippen LogP contribution in [-0.2, 0) is 0 Å². The summed E-state index contributed by atoms with van der Waals surface area (Å²) in [7, 11) is 1.61. The van der Waals surface area contributed by atoms with E-state index in [0.29, 0.717) is 17.8 Å². The lowest BCUT2D eigenvalue weighted by molar-refractivity contribution is 0.395. The van der Waals surface area contributed by atoms with Gasteiger partial charge in [-0.15, -0.1) is 0 Å². The van der Waals surface area contributed by atoms with Gasteiger partial charge in [-0.25, -0.2) is 15.0 Å². The lowest BCUT2D eigenvalue weighted by atomic mass is 10.1. The predicted octanol–water partition coefficient (Wildman–Crippen LogP) is 1.66. The minimum Gasteiger partial charge on any atom is -0.481 e. The molecule has 0 bridgehead atoms. The number of aromatic nitrogens is 4. The molecule has 1 fully saturated rings. The Morgan fingerprint density at radius 1 is 1.23 bits per heavy atom. The van der Waals surface area contributed by atoms with E-state index in [9.17, 15) is 0 Å². The third kappa shape index (κ3) is 3.41. The summed E-state index contributed by atoms with van der Waals surface area (Å²) in [4.78, 5) is 19.6. The van der Waals surface area contributed by atoms with Crippen molar-refractivity contribution in [3.63, 3.8) is 0 Å². The smallest absolute Gasteiger partial charge is 0.228 e. The van der Waals surface area contributed by atoms with Crippen molar-refractivity contribution < 1.29 is 4.74 Å². The minimum atomic E-state index is 0.283. The number of nitrogens with zero attached hydrogens (tertiary/aromatic N) is 5. The van der Waals surface area contributed by atoms with Gasteiger partial charge in [-0.05, 0) is 25.8 Å². The normalized spacial score (nSPS) is 18.1. The van der Waals surface area contributed by atoms with Crippen LogP contribution in [0.25, 0.3) is 0 Å². The van der Waals surface area contributed by atoms with Crippen molar-refractivity contribution in [3.05, 3.63) is 30.2 Å². The summed E-state index contributed by atoms with van der Waals surface area (Å²) in [5, 5.41) is 3.40. The van der Waals surface area contributed by atoms with Gasteiger partial charge in [0, 0.05) is 43.3 Å². The first-order valence-electron chi connectivity index (χ1n) is 7.43. The molecule has 1 saturated heterocycles. The fraction of sp³-hybridized carbons (Fsp3) is 0.467. The Labute approximate surface area is 129 Å². The molecule has 0 spiro atoms. The summed E-state index contributed by atoms with van der Waals surface area (Å²) in [6, 6.07) is 3.93.